The Hall–Kier alpha value is 0.220. The molecule has 17 heavy (non-hydrogen) atoms. The van der Waals surface area contributed by atoms with Gasteiger partial charge in [-0.1, -0.05) is 33.1 Å². The molecule has 96 valence electrons. The van der Waals surface area contributed by atoms with E-state index in [4.69, 9.17) is 0 Å². The molecule has 0 bridgehead atoms. The molecule has 5 nitrogen and oxygen atoms in total. The zero-order valence-electron chi connectivity index (χ0n) is 10.9. The van der Waals surface area contributed by atoms with Gasteiger partial charge in [-0.2, -0.15) is 0 Å². The maximum atomic E-state index is 11.2. The first-order valence-corrected chi connectivity index (χ1v) is 7.25. The molecule has 7 heteroatoms. The number of carbonyl (C=O) groups excluding carboxylic acids is 1. The molecule has 0 unspecified atom stereocenters. The SMILES string of the molecule is CCCCCOC(=O)[N-]S(=O)(=O)CCCC.[Na+]. The predicted molar refractivity (Wildman–Crippen MR) is 62.9 cm³/mol. The van der Waals surface area contributed by atoms with E-state index in [1.54, 1.807) is 0 Å². The van der Waals surface area contributed by atoms with Gasteiger partial charge in [-0.25, -0.2) is 8.42 Å². The van der Waals surface area contributed by atoms with Crippen molar-refractivity contribution >= 4 is 16.1 Å². The zero-order chi connectivity index (χ0) is 12.4. The third-order valence-corrected chi connectivity index (χ3v) is 3.17. The van der Waals surface area contributed by atoms with E-state index in [1.165, 1.54) is 0 Å². The molecular weight excluding hydrogens is 253 g/mol. The van der Waals surface area contributed by atoms with E-state index in [0.29, 0.717) is 6.42 Å². The molecule has 0 fully saturated rings. The first kappa shape index (κ1) is 19.6. The van der Waals surface area contributed by atoms with E-state index >= 15 is 0 Å². The summed E-state index contributed by atoms with van der Waals surface area (Å²) < 4.78 is 30.2. The van der Waals surface area contributed by atoms with Gasteiger partial charge in [0.15, 0.2) is 0 Å². The molecule has 0 aliphatic heterocycles. The normalized spacial score (nSPS) is 10.5. The van der Waals surface area contributed by atoms with Gasteiger partial charge < -0.3 is 9.46 Å². The van der Waals surface area contributed by atoms with Crippen molar-refractivity contribution in [2.24, 2.45) is 0 Å². The molecule has 0 spiro atoms. The number of sulfonamides is 1. The monoisotopic (exact) mass is 273 g/mol. The van der Waals surface area contributed by atoms with Crippen LogP contribution < -0.4 is 29.6 Å². The Bertz CT molecular complexity index is 293. The second kappa shape index (κ2) is 11.3. The molecule has 0 saturated carbocycles. The summed E-state index contributed by atoms with van der Waals surface area (Å²) in [6, 6.07) is 0. The Morgan fingerprint density at radius 1 is 1.12 bits per heavy atom. The van der Waals surface area contributed by atoms with Crippen molar-refractivity contribution in [3.05, 3.63) is 4.72 Å². The average molecular weight is 273 g/mol. The molecule has 0 heterocycles. The van der Waals surface area contributed by atoms with Gasteiger partial charge in [-0.05, 0) is 12.8 Å². The van der Waals surface area contributed by atoms with Crippen LogP contribution in [0.4, 0.5) is 4.79 Å². The second-order valence-corrected chi connectivity index (χ2v) is 5.31. The maximum absolute atomic E-state index is 11.2. The molecule has 0 radical (unpaired) electrons. The summed E-state index contributed by atoms with van der Waals surface area (Å²) in [5.41, 5.74) is 0. The zero-order valence-corrected chi connectivity index (χ0v) is 13.8. The minimum Gasteiger partial charge on any atom is -0.510 e. The van der Waals surface area contributed by atoms with Crippen LogP contribution in [0.25, 0.3) is 4.72 Å². The number of unbranched alkanes of at least 4 members (excludes halogenated alkanes) is 3. The Labute approximate surface area is 126 Å². The van der Waals surface area contributed by atoms with Crippen molar-refractivity contribution in [2.75, 3.05) is 12.4 Å². The van der Waals surface area contributed by atoms with E-state index < -0.39 is 16.1 Å². The van der Waals surface area contributed by atoms with Crippen LogP contribution in [0.3, 0.4) is 0 Å². The molecule has 0 rings (SSSR count). The third-order valence-electron chi connectivity index (χ3n) is 1.94. The average Bonchev–Trinajstić information content (AvgIpc) is 2.21. The van der Waals surface area contributed by atoms with E-state index in [9.17, 15) is 13.2 Å². The summed E-state index contributed by atoms with van der Waals surface area (Å²) in [4.78, 5) is 11.0. The van der Waals surface area contributed by atoms with Crippen LogP contribution >= 0.6 is 0 Å². The first-order valence-electron chi connectivity index (χ1n) is 5.64. The number of ether oxygens (including phenoxy) is 1. The number of rotatable bonds is 8. The molecular formula is C10H20NNaO4S. The third kappa shape index (κ3) is 12.5. The fraction of sp³-hybridized carbons (Fsp3) is 0.900. The Balaban J connectivity index is 0. The van der Waals surface area contributed by atoms with E-state index in [2.05, 4.69) is 9.46 Å². The van der Waals surface area contributed by atoms with E-state index in [0.717, 1.165) is 25.7 Å². The molecule has 0 aromatic carbocycles. The van der Waals surface area contributed by atoms with Crippen molar-refractivity contribution < 1.29 is 47.5 Å². The summed E-state index contributed by atoms with van der Waals surface area (Å²) in [7, 11) is -3.64. The predicted octanol–water partition coefficient (Wildman–Crippen LogP) is -0.179. The van der Waals surface area contributed by atoms with Crippen molar-refractivity contribution in [3.8, 4) is 0 Å². The van der Waals surface area contributed by atoms with Crippen LogP contribution in [0, 0.1) is 0 Å². The number of hydrogen-bond donors (Lipinski definition) is 0. The van der Waals surface area contributed by atoms with Crippen LogP contribution in [0.2, 0.25) is 0 Å². The smallest absolute Gasteiger partial charge is 0.510 e. The second-order valence-electron chi connectivity index (χ2n) is 3.55. The molecule has 0 N–H and O–H groups in total. The molecule has 0 aromatic rings. The number of amides is 1. The maximum Gasteiger partial charge on any atom is 1.00 e. The number of nitrogens with zero attached hydrogens (tertiary/aromatic N) is 1. The van der Waals surface area contributed by atoms with Crippen LogP contribution in [0.5, 0.6) is 0 Å². The van der Waals surface area contributed by atoms with Gasteiger partial charge in [0.25, 0.3) is 0 Å². The number of carbonyl (C=O) groups is 1. The fourth-order valence-corrected chi connectivity index (χ4v) is 2.05. The van der Waals surface area contributed by atoms with Crippen molar-refractivity contribution in [3.63, 3.8) is 0 Å². The summed E-state index contributed by atoms with van der Waals surface area (Å²) in [5.74, 6) is -0.0897. The fourth-order valence-electron chi connectivity index (χ4n) is 1.02. The molecule has 0 saturated heterocycles. The molecule has 0 aliphatic carbocycles. The van der Waals surface area contributed by atoms with Crippen LogP contribution in [0.15, 0.2) is 0 Å². The minimum atomic E-state index is -3.64. The molecule has 0 aromatic heterocycles. The van der Waals surface area contributed by atoms with Gasteiger partial charge in [0.05, 0.1) is 16.6 Å². The van der Waals surface area contributed by atoms with Crippen molar-refractivity contribution in [1.82, 2.24) is 0 Å². The van der Waals surface area contributed by atoms with E-state index in [-0.39, 0.29) is 41.9 Å². The summed E-state index contributed by atoms with van der Waals surface area (Å²) in [6.45, 7) is 4.14. The Morgan fingerprint density at radius 3 is 2.24 bits per heavy atom. The Kier molecular flexibility index (Phi) is 13.0. The van der Waals surface area contributed by atoms with Gasteiger partial charge in [0.2, 0.25) is 6.09 Å². The Morgan fingerprint density at radius 2 is 1.71 bits per heavy atom. The minimum absolute atomic E-state index is 0. The summed E-state index contributed by atoms with van der Waals surface area (Å²) >= 11 is 0. The van der Waals surface area contributed by atoms with Gasteiger partial charge >= 0.3 is 29.6 Å². The van der Waals surface area contributed by atoms with Gasteiger partial charge in [-0.15, -0.1) is 0 Å². The van der Waals surface area contributed by atoms with Crippen LogP contribution in [-0.2, 0) is 14.8 Å². The molecule has 0 aliphatic rings. The summed E-state index contributed by atoms with van der Waals surface area (Å²) in [6.07, 6.45) is 2.98. The first-order chi connectivity index (χ1) is 7.52. The largest absolute Gasteiger partial charge is 1.00 e. The van der Waals surface area contributed by atoms with Gasteiger partial charge in [0.1, 0.15) is 0 Å². The number of hydrogen-bond acceptors (Lipinski definition) is 4. The van der Waals surface area contributed by atoms with Crippen molar-refractivity contribution in [2.45, 2.75) is 46.0 Å². The molecule has 0 atom stereocenters. The van der Waals surface area contributed by atoms with Crippen LogP contribution in [0.1, 0.15) is 46.0 Å². The summed E-state index contributed by atoms with van der Waals surface area (Å²) in [5, 5.41) is 0. The quantitative estimate of drug-likeness (QED) is 0.454. The standard InChI is InChI=1S/C10H21NO4S.Na/c1-3-5-7-8-15-10(12)11-16(13,14)9-6-4-2;/h3-9H2,1-2H3,(H,11,12);/q;+1/p-1. The van der Waals surface area contributed by atoms with Crippen LogP contribution in [-0.4, -0.2) is 26.9 Å². The van der Waals surface area contributed by atoms with Gasteiger partial charge in [-0.3, -0.25) is 4.79 Å². The molecule has 1 amide bonds. The van der Waals surface area contributed by atoms with Gasteiger partial charge in [0, 0.05) is 5.75 Å². The van der Waals surface area contributed by atoms with Crippen molar-refractivity contribution in [1.29, 1.82) is 0 Å². The van der Waals surface area contributed by atoms with E-state index in [1.807, 2.05) is 13.8 Å². The topological polar surface area (TPSA) is 74.5 Å².